The molecule has 0 saturated carbocycles. The summed E-state index contributed by atoms with van der Waals surface area (Å²) in [4.78, 5) is 43.5. The topological polar surface area (TPSA) is 120 Å². The maximum Gasteiger partial charge on any atom is 0.408 e. The van der Waals surface area contributed by atoms with E-state index in [2.05, 4.69) is 5.32 Å². The number of carbonyl (C=O) groups is 2. The van der Waals surface area contributed by atoms with Crippen LogP contribution >= 0.6 is 0 Å². The number of ether oxygens (including phenoxy) is 2. The number of aromatic hydroxyl groups is 1. The Hall–Kier alpha value is -3.88. The second-order valence-electron chi connectivity index (χ2n) is 8.26. The van der Waals surface area contributed by atoms with E-state index in [4.69, 9.17) is 14.5 Å². The summed E-state index contributed by atoms with van der Waals surface area (Å²) in [6.45, 7) is 4.13. The van der Waals surface area contributed by atoms with Crippen LogP contribution in [0.15, 0.2) is 35.1 Å². The smallest absolute Gasteiger partial charge is 0.408 e. The number of nitrogens with zero attached hydrogens (tertiary/aromatic N) is 2. The molecule has 0 fully saturated rings. The second kappa shape index (κ2) is 7.61. The molecule has 2 aliphatic rings. The second-order valence-corrected chi connectivity index (χ2v) is 8.26. The molecule has 4 heterocycles. The first-order valence-corrected chi connectivity index (χ1v) is 10.9. The van der Waals surface area contributed by atoms with Crippen molar-refractivity contribution in [3.8, 4) is 17.1 Å². The Labute approximate surface area is 189 Å². The van der Waals surface area contributed by atoms with Crippen LogP contribution in [-0.2, 0) is 33.0 Å². The number of nitrogens with one attached hydrogen (secondary N) is 1. The quantitative estimate of drug-likeness (QED) is 0.460. The van der Waals surface area contributed by atoms with Crippen LogP contribution in [-0.4, -0.2) is 33.3 Å². The van der Waals surface area contributed by atoms with Gasteiger partial charge in [-0.3, -0.25) is 4.79 Å². The molecule has 9 nitrogen and oxygen atoms in total. The number of phenolic OH excluding ortho intramolecular Hbond substituents is 1. The highest BCUT2D eigenvalue weighted by molar-refractivity contribution is 5.88. The molecule has 5 rings (SSSR count). The average molecular weight is 449 g/mol. The van der Waals surface area contributed by atoms with E-state index in [0.29, 0.717) is 47.5 Å². The summed E-state index contributed by atoms with van der Waals surface area (Å²) in [5.41, 5.74) is 1.26. The molecule has 1 aromatic carbocycles. The highest BCUT2D eigenvalue weighted by atomic mass is 16.6. The van der Waals surface area contributed by atoms with Crippen LogP contribution in [0.25, 0.3) is 22.3 Å². The van der Waals surface area contributed by atoms with E-state index in [0.717, 1.165) is 10.9 Å². The van der Waals surface area contributed by atoms with Crippen molar-refractivity contribution in [2.24, 2.45) is 0 Å². The monoisotopic (exact) mass is 449 g/mol. The zero-order valence-corrected chi connectivity index (χ0v) is 18.3. The van der Waals surface area contributed by atoms with Crippen LogP contribution < -0.4 is 10.9 Å². The van der Waals surface area contributed by atoms with Crippen LogP contribution in [0.5, 0.6) is 5.75 Å². The Kier molecular flexibility index (Phi) is 4.84. The zero-order chi connectivity index (χ0) is 23.3. The fourth-order valence-corrected chi connectivity index (χ4v) is 4.55. The van der Waals surface area contributed by atoms with Gasteiger partial charge in [-0.05, 0) is 43.2 Å². The molecular formula is C24H23N3O6. The number of hydrogen-bond acceptors (Lipinski definition) is 7. The summed E-state index contributed by atoms with van der Waals surface area (Å²) in [5.74, 6) is -0.567. The summed E-state index contributed by atoms with van der Waals surface area (Å²) in [7, 11) is 0. The molecule has 2 aliphatic heterocycles. The predicted molar refractivity (Wildman–Crippen MR) is 119 cm³/mol. The SMILES string of the molecule is CCCNC(=O)OC1(CC)C(=O)OCc2c1cc1n(c2=O)Cc2cc3cc(O)ccc3nc2-1. The molecule has 0 aliphatic carbocycles. The van der Waals surface area contributed by atoms with E-state index in [1.54, 1.807) is 35.8 Å². The van der Waals surface area contributed by atoms with Gasteiger partial charge in [0.25, 0.3) is 5.56 Å². The summed E-state index contributed by atoms with van der Waals surface area (Å²) < 4.78 is 12.5. The molecule has 0 radical (unpaired) electrons. The van der Waals surface area contributed by atoms with Crippen LogP contribution in [0.3, 0.4) is 0 Å². The largest absolute Gasteiger partial charge is 0.508 e. The predicted octanol–water partition coefficient (Wildman–Crippen LogP) is 2.93. The van der Waals surface area contributed by atoms with E-state index >= 15 is 0 Å². The zero-order valence-electron chi connectivity index (χ0n) is 18.3. The number of phenols is 1. The van der Waals surface area contributed by atoms with Crippen LogP contribution in [0, 0.1) is 0 Å². The number of carbonyl (C=O) groups excluding carboxylic acids is 2. The minimum absolute atomic E-state index is 0.110. The molecule has 0 spiro atoms. The molecule has 1 atom stereocenters. The molecule has 0 bridgehead atoms. The number of alkyl carbamates (subject to hydrolysis) is 1. The first-order valence-electron chi connectivity index (χ1n) is 10.9. The van der Waals surface area contributed by atoms with Crippen molar-refractivity contribution in [3.63, 3.8) is 0 Å². The summed E-state index contributed by atoms with van der Waals surface area (Å²) in [5, 5.41) is 13.2. The van der Waals surface area contributed by atoms with Gasteiger partial charge in [-0.15, -0.1) is 0 Å². The van der Waals surface area contributed by atoms with Crippen molar-refractivity contribution in [2.75, 3.05) is 6.54 Å². The lowest BCUT2D eigenvalue weighted by Gasteiger charge is -2.35. The third-order valence-corrected chi connectivity index (χ3v) is 6.25. The maximum absolute atomic E-state index is 13.4. The van der Waals surface area contributed by atoms with Crippen molar-refractivity contribution in [2.45, 2.75) is 45.4 Å². The number of cyclic esters (lactones) is 1. The standard InChI is InChI=1S/C24H23N3O6/c1-3-7-25-23(31)33-24(4-2)17-10-19-20-14(8-13-9-15(28)5-6-18(13)26-20)11-27(19)21(29)16(17)12-32-22(24)30/h5-6,8-10,28H,3-4,7,11-12H2,1-2H3,(H,25,31). The van der Waals surface area contributed by atoms with E-state index in [1.807, 2.05) is 13.0 Å². The average Bonchev–Trinajstić information content (AvgIpc) is 3.16. The third-order valence-electron chi connectivity index (χ3n) is 6.25. The van der Waals surface area contributed by atoms with Crippen molar-refractivity contribution in [1.82, 2.24) is 14.9 Å². The number of hydrogen-bond donors (Lipinski definition) is 2. The number of aromatic nitrogens is 2. The van der Waals surface area contributed by atoms with Gasteiger partial charge in [0.05, 0.1) is 29.0 Å². The normalized spacial score (nSPS) is 18.3. The number of rotatable bonds is 4. The Morgan fingerprint density at radius 3 is 2.85 bits per heavy atom. The van der Waals surface area contributed by atoms with Gasteiger partial charge in [-0.1, -0.05) is 13.8 Å². The molecule has 1 amide bonds. The Morgan fingerprint density at radius 1 is 1.27 bits per heavy atom. The third kappa shape index (κ3) is 3.14. The molecular weight excluding hydrogens is 426 g/mol. The highest BCUT2D eigenvalue weighted by Gasteiger charge is 2.50. The number of benzene rings is 1. The van der Waals surface area contributed by atoms with Crippen molar-refractivity contribution < 1.29 is 24.2 Å². The Balaban J connectivity index is 1.68. The number of esters is 1. The maximum atomic E-state index is 13.4. The molecule has 170 valence electrons. The summed E-state index contributed by atoms with van der Waals surface area (Å²) in [6.07, 6.45) is 0.0741. The fraction of sp³-hybridized carbons (Fsp3) is 0.333. The van der Waals surface area contributed by atoms with Crippen LogP contribution in [0.4, 0.5) is 4.79 Å². The van der Waals surface area contributed by atoms with Crippen LogP contribution in [0.2, 0.25) is 0 Å². The van der Waals surface area contributed by atoms with E-state index in [-0.39, 0.29) is 24.3 Å². The molecule has 2 aromatic heterocycles. The first kappa shape index (κ1) is 21.0. The number of pyridine rings is 2. The lowest BCUT2D eigenvalue weighted by molar-refractivity contribution is -0.172. The highest BCUT2D eigenvalue weighted by Crippen LogP contribution is 2.41. The van der Waals surface area contributed by atoms with E-state index in [1.165, 1.54) is 0 Å². The fourth-order valence-electron chi connectivity index (χ4n) is 4.55. The van der Waals surface area contributed by atoms with Crippen molar-refractivity contribution in [1.29, 1.82) is 0 Å². The van der Waals surface area contributed by atoms with Gasteiger partial charge in [0.2, 0.25) is 5.60 Å². The number of fused-ring (bicyclic) bond motifs is 5. The Bertz CT molecular complexity index is 1380. The van der Waals surface area contributed by atoms with Gasteiger partial charge < -0.3 is 24.5 Å². The lowest BCUT2D eigenvalue weighted by atomic mass is 9.85. The van der Waals surface area contributed by atoms with Gasteiger partial charge in [0, 0.05) is 23.1 Å². The van der Waals surface area contributed by atoms with Gasteiger partial charge in [-0.25, -0.2) is 14.6 Å². The molecule has 3 aromatic rings. The lowest BCUT2D eigenvalue weighted by Crippen LogP contribution is -2.49. The molecule has 1 unspecified atom stereocenters. The van der Waals surface area contributed by atoms with Gasteiger partial charge in [0.15, 0.2) is 0 Å². The minimum Gasteiger partial charge on any atom is -0.508 e. The number of amides is 1. The molecule has 2 N–H and O–H groups in total. The van der Waals surface area contributed by atoms with Gasteiger partial charge in [-0.2, -0.15) is 0 Å². The van der Waals surface area contributed by atoms with E-state index in [9.17, 15) is 19.5 Å². The van der Waals surface area contributed by atoms with E-state index < -0.39 is 17.7 Å². The van der Waals surface area contributed by atoms with Crippen LogP contribution in [0.1, 0.15) is 43.4 Å². The van der Waals surface area contributed by atoms with Gasteiger partial charge >= 0.3 is 12.1 Å². The summed E-state index contributed by atoms with van der Waals surface area (Å²) in [6, 6.07) is 8.50. The molecule has 0 saturated heterocycles. The summed E-state index contributed by atoms with van der Waals surface area (Å²) >= 11 is 0. The van der Waals surface area contributed by atoms with Crippen molar-refractivity contribution >= 4 is 23.0 Å². The molecule has 9 heteroatoms. The first-order chi connectivity index (χ1) is 15.9. The minimum atomic E-state index is -1.72. The molecule has 33 heavy (non-hydrogen) atoms. The van der Waals surface area contributed by atoms with Crippen molar-refractivity contribution in [3.05, 3.63) is 57.4 Å². The van der Waals surface area contributed by atoms with Gasteiger partial charge in [0.1, 0.15) is 12.4 Å². The Morgan fingerprint density at radius 2 is 2.09 bits per heavy atom.